The molecule has 0 saturated heterocycles. The molecule has 0 saturated carbocycles. The number of benzene rings is 2. The second-order valence-electron chi connectivity index (χ2n) is 4.27. The van der Waals surface area contributed by atoms with Crippen molar-refractivity contribution in [2.45, 2.75) is 19.8 Å². The van der Waals surface area contributed by atoms with E-state index < -0.39 is 11.6 Å². The molecule has 1 nitrogen and oxygen atoms in total. The number of hydrogen-bond donors (Lipinski definition) is 0. The van der Waals surface area contributed by atoms with E-state index in [4.69, 9.17) is 4.74 Å². The summed E-state index contributed by atoms with van der Waals surface area (Å²) in [6, 6.07) is 12.8. The van der Waals surface area contributed by atoms with Crippen LogP contribution in [0.2, 0.25) is 0 Å². The Hall–Kier alpha value is -1.90. The maximum Gasteiger partial charge on any atom is 0.200 e. The molecule has 0 aliphatic rings. The van der Waals surface area contributed by atoms with Gasteiger partial charge >= 0.3 is 0 Å². The zero-order chi connectivity index (χ0) is 13.7. The minimum Gasteiger partial charge on any atom is -0.491 e. The molecule has 19 heavy (non-hydrogen) atoms. The Labute approximate surface area is 111 Å². The molecule has 0 atom stereocenters. The number of rotatable bonds is 5. The summed E-state index contributed by atoms with van der Waals surface area (Å²) in [4.78, 5) is 0. The third kappa shape index (κ3) is 3.31. The minimum atomic E-state index is -0.896. The minimum absolute atomic E-state index is 0.0246. The summed E-state index contributed by atoms with van der Waals surface area (Å²) in [5.74, 6) is -1.72. The monoisotopic (exact) mass is 262 g/mol. The molecule has 0 aliphatic carbocycles. The predicted molar refractivity (Wildman–Crippen MR) is 71.4 cm³/mol. The molecule has 0 amide bonds. The average molecular weight is 262 g/mol. The molecule has 0 radical (unpaired) electrons. The average Bonchev–Trinajstić information content (AvgIpc) is 2.44. The van der Waals surface area contributed by atoms with E-state index in [1.54, 1.807) is 13.0 Å². The van der Waals surface area contributed by atoms with Crippen LogP contribution in [-0.2, 0) is 12.8 Å². The van der Waals surface area contributed by atoms with Gasteiger partial charge in [-0.3, -0.25) is 0 Å². The summed E-state index contributed by atoms with van der Waals surface area (Å²) >= 11 is 0. The summed E-state index contributed by atoms with van der Waals surface area (Å²) in [5, 5.41) is 0. The van der Waals surface area contributed by atoms with E-state index >= 15 is 0 Å². The van der Waals surface area contributed by atoms with Crippen molar-refractivity contribution in [2.24, 2.45) is 0 Å². The van der Waals surface area contributed by atoms with Gasteiger partial charge in [-0.1, -0.05) is 36.4 Å². The van der Waals surface area contributed by atoms with Crippen molar-refractivity contribution < 1.29 is 13.5 Å². The highest BCUT2D eigenvalue weighted by atomic mass is 19.2. The molecule has 100 valence electrons. The molecule has 0 heterocycles. The highest BCUT2D eigenvalue weighted by molar-refractivity contribution is 5.31. The molecular formula is C16H16F2O. The molecule has 2 rings (SSSR count). The van der Waals surface area contributed by atoms with E-state index in [1.165, 1.54) is 6.07 Å². The summed E-state index contributed by atoms with van der Waals surface area (Å²) < 4.78 is 32.5. The molecule has 0 unspecified atom stereocenters. The lowest BCUT2D eigenvalue weighted by molar-refractivity contribution is 0.313. The van der Waals surface area contributed by atoms with Crippen LogP contribution in [0.15, 0.2) is 42.5 Å². The maximum atomic E-state index is 13.8. The standard InChI is InChI=1S/C16H16F2O/c1-2-19-14-11-10-13(15(17)16(14)18)9-8-12-6-4-3-5-7-12/h3-7,10-11H,2,8-9H2,1H3. The number of hydrogen-bond acceptors (Lipinski definition) is 1. The van der Waals surface area contributed by atoms with Crippen LogP contribution in [0.4, 0.5) is 8.78 Å². The zero-order valence-corrected chi connectivity index (χ0v) is 10.8. The van der Waals surface area contributed by atoms with Crippen molar-refractivity contribution in [2.75, 3.05) is 6.61 Å². The van der Waals surface area contributed by atoms with Crippen molar-refractivity contribution in [3.63, 3.8) is 0 Å². The van der Waals surface area contributed by atoms with Gasteiger partial charge in [0, 0.05) is 0 Å². The first-order valence-corrected chi connectivity index (χ1v) is 6.36. The number of aryl methyl sites for hydroxylation is 2. The second kappa shape index (κ2) is 6.32. The van der Waals surface area contributed by atoms with Gasteiger partial charge in [0.25, 0.3) is 0 Å². The highest BCUT2D eigenvalue weighted by Crippen LogP contribution is 2.23. The van der Waals surface area contributed by atoms with Gasteiger partial charge in [0.2, 0.25) is 5.82 Å². The fourth-order valence-electron chi connectivity index (χ4n) is 1.96. The van der Waals surface area contributed by atoms with Gasteiger partial charge in [-0.05, 0) is 37.0 Å². The van der Waals surface area contributed by atoms with E-state index in [0.717, 1.165) is 5.56 Å². The number of halogens is 2. The Morgan fingerprint density at radius 1 is 0.895 bits per heavy atom. The molecule has 0 aliphatic heterocycles. The summed E-state index contributed by atoms with van der Waals surface area (Å²) in [7, 11) is 0. The van der Waals surface area contributed by atoms with Crippen molar-refractivity contribution >= 4 is 0 Å². The van der Waals surface area contributed by atoms with Gasteiger partial charge in [0.1, 0.15) is 0 Å². The second-order valence-corrected chi connectivity index (χ2v) is 4.27. The molecule has 3 heteroatoms. The zero-order valence-electron chi connectivity index (χ0n) is 10.8. The van der Waals surface area contributed by atoms with Gasteiger partial charge in [-0.25, -0.2) is 4.39 Å². The van der Waals surface area contributed by atoms with E-state index in [-0.39, 0.29) is 5.75 Å². The van der Waals surface area contributed by atoms with Crippen LogP contribution >= 0.6 is 0 Å². The van der Waals surface area contributed by atoms with Gasteiger partial charge in [0.15, 0.2) is 11.6 Å². The molecule has 2 aromatic carbocycles. The van der Waals surface area contributed by atoms with Gasteiger partial charge in [-0.15, -0.1) is 0 Å². The van der Waals surface area contributed by atoms with Crippen LogP contribution in [0.25, 0.3) is 0 Å². The van der Waals surface area contributed by atoms with Crippen molar-refractivity contribution in [1.29, 1.82) is 0 Å². The van der Waals surface area contributed by atoms with E-state index in [0.29, 0.717) is 25.0 Å². The first-order valence-electron chi connectivity index (χ1n) is 6.36. The molecule has 0 fully saturated rings. The molecule has 0 spiro atoms. The highest BCUT2D eigenvalue weighted by Gasteiger charge is 2.13. The molecule has 0 aromatic heterocycles. The first-order chi connectivity index (χ1) is 9.22. The molecule has 2 aromatic rings. The van der Waals surface area contributed by atoms with Crippen molar-refractivity contribution in [3.8, 4) is 5.75 Å². The fraction of sp³-hybridized carbons (Fsp3) is 0.250. The van der Waals surface area contributed by atoms with Crippen LogP contribution in [0.3, 0.4) is 0 Å². The molecular weight excluding hydrogens is 246 g/mol. The predicted octanol–water partition coefficient (Wildman–Crippen LogP) is 4.15. The molecule has 0 N–H and O–H groups in total. The van der Waals surface area contributed by atoms with E-state index in [1.807, 2.05) is 30.3 Å². The Morgan fingerprint density at radius 3 is 2.32 bits per heavy atom. The smallest absolute Gasteiger partial charge is 0.200 e. The van der Waals surface area contributed by atoms with Crippen LogP contribution in [0, 0.1) is 11.6 Å². The lowest BCUT2D eigenvalue weighted by atomic mass is 10.0. The third-order valence-electron chi connectivity index (χ3n) is 2.95. The Morgan fingerprint density at radius 2 is 1.63 bits per heavy atom. The molecule has 0 bridgehead atoms. The Bertz CT molecular complexity index is 538. The van der Waals surface area contributed by atoms with Gasteiger partial charge < -0.3 is 4.74 Å². The number of ether oxygens (including phenoxy) is 1. The SMILES string of the molecule is CCOc1ccc(CCc2ccccc2)c(F)c1F. The Balaban J connectivity index is 2.11. The third-order valence-corrected chi connectivity index (χ3v) is 2.95. The lowest BCUT2D eigenvalue weighted by Gasteiger charge is -2.09. The summed E-state index contributed by atoms with van der Waals surface area (Å²) in [5.41, 5.74) is 1.49. The van der Waals surface area contributed by atoms with Crippen molar-refractivity contribution in [1.82, 2.24) is 0 Å². The van der Waals surface area contributed by atoms with Crippen LogP contribution < -0.4 is 4.74 Å². The normalized spacial score (nSPS) is 10.5. The van der Waals surface area contributed by atoms with Crippen molar-refractivity contribution in [3.05, 3.63) is 65.2 Å². The quantitative estimate of drug-likeness (QED) is 0.786. The topological polar surface area (TPSA) is 9.23 Å². The largest absolute Gasteiger partial charge is 0.491 e. The van der Waals surface area contributed by atoms with Crippen LogP contribution in [0.5, 0.6) is 5.75 Å². The fourth-order valence-corrected chi connectivity index (χ4v) is 1.96. The van der Waals surface area contributed by atoms with Crippen LogP contribution in [-0.4, -0.2) is 6.61 Å². The lowest BCUT2D eigenvalue weighted by Crippen LogP contribution is -2.01. The van der Waals surface area contributed by atoms with E-state index in [9.17, 15) is 8.78 Å². The van der Waals surface area contributed by atoms with Gasteiger partial charge in [0.05, 0.1) is 6.61 Å². The van der Waals surface area contributed by atoms with E-state index in [2.05, 4.69) is 0 Å². The van der Waals surface area contributed by atoms with Crippen LogP contribution in [0.1, 0.15) is 18.1 Å². The first kappa shape index (κ1) is 13.5. The van der Waals surface area contributed by atoms with Gasteiger partial charge in [-0.2, -0.15) is 4.39 Å². The summed E-state index contributed by atoms with van der Waals surface area (Å²) in [6.07, 6.45) is 1.16. The maximum absolute atomic E-state index is 13.8. The summed E-state index contributed by atoms with van der Waals surface area (Å²) in [6.45, 7) is 2.06. The Kier molecular flexibility index (Phi) is 4.50.